The molecule has 0 radical (unpaired) electrons. The van der Waals surface area contributed by atoms with Gasteiger partial charge in [0.1, 0.15) is 0 Å². The number of hydrogen-bond acceptors (Lipinski definition) is 6. The second kappa shape index (κ2) is 10.4. The molecule has 1 saturated heterocycles. The molecule has 148 valence electrons. The van der Waals surface area contributed by atoms with Crippen LogP contribution in [0, 0.1) is 10.1 Å². The molecule has 0 saturated carbocycles. The maximum atomic E-state index is 12.8. The van der Waals surface area contributed by atoms with Gasteiger partial charge in [-0.1, -0.05) is 30.3 Å². The highest BCUT2D eigenvalue weighted by atomic mass is 32.2. The zero-order valence-corrected chi connectivity index (χ0v) is 16.5. The molecule has 1 aliphatic heterocycles. The van der Waals surface area contributed by atoms with Gasteiger partial charge >= 0.3 is 0 Å². The Bertz CT molecular complexity index is 777. The predicted molar refractivity (Wildman–Crippen MR) is 111 cm³/mol. The number of carbonyl (C=O) groups excluding carboxylic acids is 1. The number of morpholine rings is 1. The molecule has 1 aliphatic rings. The van der Waals surface area contributed by atoms with Gasteiger partial charge in [-0.05, 0) is 17.7 Å². The van der Waals surface area contributed by atoms with E-state index in [1.54, 1.807) is 23.9 Å². The zero-order chi connectivity index (χ0) is 19.8. The first kappa shape index (κ1) is 20.5. The maximum absolute atomic E-state index is 12.8. The number of hydrogen-bond donors (Lipinski definition) is 0. The average molecular weight is 401 g/mol. The smallest absolute Gasteiger partial charge is 0.269 e. The summed E-state index contributed by atoms with van der Waals surface area (Å²) in [5, 5.41) is 10.9. The van der Waals surface area contributed by atoms with Crippen molar-refractivity contribution in [2.45, 2.75) is 11.7 Å². The van der Waals surface area contributed by atoms with E-state index in [1.807, 2.05) is 18.2 Å². The molecular weight excluding hydrogens is 376 g/mol. The molecule has 3 rings (SSSR count). The standard InChI is InChI=1S/C21H24N2O4S/c24-20(17-6-8-19(9-7-17)23(25)26)16-21(18-4-2-1-3-5-18)28-15-12-22-10-13-27-14-11-22/h1-9,21H,10-16H2. The average Bonchev–Trinajstić information content (AvgIpc) is 2.74. The van der Waals surface area contributed by atoms with Crippen molar-refractivity contribution >= 4 is 23.2 Å². The second-order valence-corrected chi connectivity index (χ2v) is 7.97. The van der Waals surface area contributed by atoms with E-state index in [4.69, 9.17) is 4.74 Å². The molecule has 6 nitrogen and oxygen atoms in total. The van der Waals surface area contributed by atoms with Crippen LogP contribution in [0.4, 0.5) is 5.69 Å². The summed E-state index contributed by atoms with van der Waals surface area (Å²) in [6, 6.07) is 15.9. The zero-order valence-electron chi connectivity index (χ0n) is 15.7. The van der Waals surface area contributed by atoms with E-state index in [9.17, 15) is 14.9 Å². The number of carbonyl (C=O) groups is 1. The van der Waals surface area contributed by atoms with E-state index < -0.39 is 4.92 Å². The third-order valence-corrected chi connectivity index (χ3v) is 6.03. The topological polar surface area (TPSA) is 72.7 Å². The van der Waals surface area contributed by atoms with E-state index in [-0.39, 0.29) is 16.7 Å². The monoisotopic (exact) mass is 400 g/mol. The van der Waals surface area contributed by atoms with Crippen LogP contribution >= 0.6 is 11.8 Å². The molecule has 0 aromatic heterocycles. The summed E-state index contributed by atoms with van der Waals surface area (Å²) in [5.74, 6) is 0.940. The van der Waals surface area contributed by atoms with Crippen molar-refractivity contribution in [1.29, 1.82) is 0 Å². The summed E-state index contributed by atoms with van der Waals surface area (Å²) in [6.07, 6.45) is 0.371. The molecule has 1 fully saturated rings. The van der Waals surface area contributed by atoms with Crippen LogP contribution in [0.3, 0.4) is 0 Å². The van der Waals surface area contributed by atoms with Gasteiger partial charge in [0.25, 0.3) is 5.69 Å². The summed E-state index contributed by atoms with van der Waals surface area (Å²) < 4.78 is 5.39. The Kier molecular flexibility index (Phi) is 7.59. The highest BCUT2D eigenvalue weighted by molar-refractivity contribution is 7.99. The van der Waals surface area contributed by atoms with Crippen molar-refractivity contribution in [3.05, 3.63) is 75.8 Å². The summed E-state index contributed by atoms with van der Waals surface area (Å²) in [4.78, 5) is 25.5. The van der Waals surface area contributed by atoms with Gasteiger partial charge in [-0.25, -0.2) is 0 Å². The van der Waals surface area contributed by atoms with E-state index in [0.717, 1.165) is 44.2 Å². The number of ether oxygens (including phenoxy) is 1. The maximum Gasteiger partial charge on any atom is 0.269 e. The molecule has 2 aromatic rings. The van der Waals surface area contributed by atoms with Gasteiger partial charge in [-0.2, -0.15) is 11.8 Å². The van der Waals surface area contributed by atoms with Crippen molar-refractivity contribution in [3.8, 4) is 0 Å². The molecule has 1 unspecified atom stereocenters. The first-order valence-electron chi connectivity index (χ1n) is 9.38. The van der Waals surface area contributed by atoms with E-state index >= 15 is 0 Å². The van der Waals surface area contributed by atoms with Crippen LogP contribution in [0.15, 0.2) is 54.6 Å². The summed E-state index contributed by atoms with van der Waals surface area (Å²) in [7, 11) is 0. The number of nitro benzene ring substituents is 1. The molecule has 0 N–H and O–H groups in total. The summed E-state index contributed by atoms with van der Waals surface area (Å²) in [6.45, 7) is 4.45. The Morgan fingerprint density at radius 2 is 1.79 bits per heavy atom. The fourth-order valence-corrected chi connectivity index (χ4v) is 4.41. The number of ketones is 1. The van der Waals surface area contributed by atoms with Crippen LogP contribution in [0.5, 0.6) is 0 Å². The first-order valence-corrected chi connectivity index (χ1v) is 10.4. The number of rotatable bonds is 9. The fraction of sp³-hybridized carbons (Fsp3) is 0.381. The fourth-order valence-electron chi connectivity index (χ4n) is 3.14. The minimum absolute atomic E-state index is 0.00243. The molecule has 1 heterocycles. The molecule has 28 heavy (non-hydrogen) atoms. The van der Waals surface area contributed by atoms with Crippen molar-refractivity contribution in [2.75, 3.05) is 38.6 Å². The van der Waals surface area contributed by atoms with Crippen LogP contribution in [0.1, 0.15) is 27.6 Å². The largest absolute Gasteiger partial charge is 0.379 e. The van der Waals surface area contributed by atoms with Gasteiger partial charge in [0, 0.05) is 54.8 Å². The number of benzene rings is 2. The number of non-ortho nitro benzene ring substituents is 1. The quantitative estimate of drug-likeness (QED) is 0.360. The van der Waals surface area contributed by atoms with Crippen LogP contribution < -0.4 is 0 Å². The van der Waals surface area contributed by atoms with Crippen LogP contribution in [0.25, 0.3) is 0 Å². The van der Waals surface area contributed by atoms with Gasteiger partial charge in [0.2, 0.25) is 0 Å². The third kappa shape index (κ3) is 5.89. The lowest BCUT2D eigenvalue weighted by Crippen LogP contribution is -2.37. The van der Waals surface area contributed by atoms with Gasteiger partial charge < -0.3 is 4.74 Å². The number of nitrogens with zero attached hydrogens (tertiary/aromatic N) is 2. The van der Waals surface area contributed by atoms with Gasteiger partial charge in [0.15, 0.2) is 5.78 Å². The molecule has 0 aliphatic carbocycles. The lowest BCUT2D eigenvalue weighted by Gasteiger charge is -2.27. The number of thioether (sulfide) groups is 1. The molecule has 1 atom stereocenters. The Hall–Kier alpha value is -2.22. The second-order valence-electron chi connectivity index (χ2n) is 6.66. The normalized spacial score (nSPS) is 15.9. The Morgan fingerprint density at radius 1 is 1.11 bits per heavy atom. The van der Waals surface area contributed by atoms with Gasteiger partial charge in [0.05, 0.1) is 18.1 Å². The summed E-state index contributed by atoms with van der Waals surface area (Å²) in [5.41, 5.74) is 1.64. The lowest BCUT2D eigenvalue weighted by atomic mass is 10.0. The molecule has 0 bridgehead atoms. The Morgan fingerprint density at radius 3 is 2.43 bits per heavy atom. The SMILES string of the molecule is O=C(CC(SCCN1CCOCC1)c1ccccc1)c1ccc([N+](=O)[O-])cc1. The minimum Gasteiger partial charge on any atom is -0.379 e. The van der Waals surface area contributed by atoms with Crippen molar-refractivity contribution in [2.24, 2.45) is 0 Å². The summed E-state index contributed by atoms with van der Waals surface area (Å²) >= 11 is 1.79. The number of Topliss-reactive ketones (excluding diaryl/α,β-unsaturated/α-hetero) is 1. The Labute approximate surface area is 169 Å². The van der Waals surface area contributed by atoms with E-state index in [2.05, 4.69) is 17.0 Å². The van der Waals surface area contributed by atoms with Crippen molar-refractivity contribution in [3.63, 3.8) is 0 Å². The molecule has 0 spiro atoms. The highest BCUT2D eigenvalue weighted by Gasteiger charge is 2.19. The van der Waals surface area contributed by atoms with Crippen LogP contribution in [0.2, 0.25) is 0 Å². The lowest BCUT2D eigenvalue weighted by molar-refractivity contribution is -0.384. The molecule has 2 aromatic carbocycles. The number of nitro groups is 1. The Balaban J connectivity index is 1.63. The van der Waals surface area contributed by atoms with Crippen molar-refractivity contribution in [1.82, 2.24) is 4.90 Å². The van der Waals surface area contributed by atoms with Crippen LogP contribution in [-0.2, 0) is 4.74 Å². The van der Waals surface area contributed by atoms with Crippen molar-refractivity contribution < 1.29 is 14.5 Å². The highest BCUT2D eigenvalue weighted by Crippen LogP contribution is 2.33. The van der Waals surface area contributed by atoms with E-state index in [0.29, 0.717) is 12.0 Å². The molecular formula is C21H24N2O4S. The first-order chi connectivity index (χ1) is 13.6. The third-order valence-electron chi connectivity index (χ3n) is 4.77. The van der Waals surface area contributed by atoms with Gasteiger partial charge in [-0.15, -0.1) is 0 Å². The minimum atomic E-state index is -0.456. The van der Waals surface area contributed by atoms with E-state index in [1.165, 1.54) is 12.1 Å². The predicted octanol–water partition coefficient (Wildman–Crippen LogP) is 3.97. The molecule has 7 heteroatoms. The van der Waals surface area contributed by atoms with Crippen LogP contribution in [-0.4, -0.2) is 54.2 Å². The van der Waals surface area contributed by atoms with Gasteiger partial charge in [-0.3, -0.25) is 19.8 Å². The molecule has 0 amide bonds.